The molecule has 0 saturated carbocycles. The summed E-state index contributed by atoms with van der Waals surface area (Å²) in [5.74, 6) is 1.63. The van der Waals surface area contributed by atoms with Crippen molar-refractivity contribution < 1.29 is 4.74 Å². The van der Waals surface area contributed by atoms with Crippen LogP contribution in [0.4, 0.5) is 0 Å². The molecule has 1 N–H and O–H groups in total. The van der Waals surface area contributed by atoms with E-state index in [0.717, 1.165) is 28.3 Å². The summed E-state index contributed by atoms with van der Waals surface area (Å²) < 4.78 is 6.04. The van der Waals surface area contributed by atoms with E-state index in [1.165, 1.54) is 5.56 Å². The van der Waals surface area contributed by atoms with Crippen molar-refractivity contribution in [3.63, 3.8) is 0 Å². The van der Waals surface area contributed by atoms with Gasteiger partial charge in [0.25, 0.3) is 0 Å². The zero-order chi connectivity index (χ0) is 24.7. The predicted molar refractivity (Wildman–Crippen MR) is 144 cm³/mol. The Morgan fingerprint density at radius 2 is 1.41 bits per heavy atom. The van der Waals surface area contributed by atoms with Crippen molar-refractivity contribution in [3.05, 3.63) is 99.0 Å². The maximum Gasteiger partial charge on any atom is 0.133 e. The van der Waals surface area contributed by atoms with Gasteiger partial charge in [0.15, 0.2) is 0 Å². The maximum absolute atomic E-state index is 6.23. The van der Waals surface area contributed by atoms with E-state index >= 15 is 0 Å². The average molecular weight is 495 g/mol. The molecule has 2 atom stereocenters. The molecule has 34 heavy (non-hydrogen) atoms. The summed E-state index contributed by atoms with van der Waals surface area (Å²) in [5, 5.41) is 5.20. The van der Waals surface area contributed by atoms with Crippen LogP contribution >= 0.6 is 23.2 Å². The number of hydrogen-bond acceptors (Lipinski definition) is 3. The van der Waals surface area contributed by atoms with Crippen LogP contribution in [0.25, 0.3) is 0 Å². The van der Waals surface area contributed by atoms with Crippen LogP contribution in [0.15, 0.2) is 71.7 Å². The molecule has 3 nitrogen and oxygen atoms in total. The van der Waals surface area contributed by atoms with Crippen molar-refractivity contribution in [2.24, 2.45) is 4.99 Å². The highest BCUT2D eigenvalue weighted by atomic mass is 35.5. The molecular formula is C29H32Cl2N2O. The Balaban J connectivity index is 1.93. The molecule has 0 spiro atoms. The first kappa shape index (κ1) is 24.6. The first-order valence-corrected chi connectivity index (χ1v) is 12.4. The molecule has 1 heterocycles. The highest BCUT2D eigenvalue weighted by Gasteiger charge is 2.52. The normalized spacial score (nSPS) is 22.3. The zero-order valence-electron chi connectivity index (χ0n) is 20.7. The molecule has 0 bridgehead atoms. The summed E-state index contributed by atoms with van der Waals surface area (Å²) >= 11 is 12.5. The summed E-state index contributed by atoms with van der Waals surface area (Å²) in [4.78, 5) is 5.36. The standard InChI is InChI=1S/C29H32Cl2N2O/c1-7-34-25-17-12-21(27(2,3)4)18-24(25)26-32-28(5,19-8-13-22(30)14-9-19)29(6,33-26)20-10-15-23(31)16-11-20/h8-18H,7H2,1-6H3,(H,32,33)/t28-,29+. The second-order valence-electron chi connectivity index (χ2n) is 10.2. The number of benzene rings is 3. The van der Waals surface area contributed by atoms with Gasteiger partial charge >= 0.3 is 0 Å². The monoisotopic (exact) mass is 494 g/mol. The van der Waals surface area contributed by atoms with Gasteiger partial charge in [-0.1, -0.05) is 74.3 Å². The number of hydrogen-bond donors (Lipinski definition) is 1. The SMILES string of the molecule is CCOc1ccc(C(C)(C)C)cc1C1=N[C@@](C)(c2ccc(Cl)cc2)[C@@](C)(c2ccc(Cl)cc2)N1. The number of rotatable bonds is 5. The number of nitrogens with one attached hydrogen (secondary N) is 1. The fraction of sp³-hybridized carbons (Fsp3) is 0.345. The molecule has 0 saturated heterocycles. The van der Waals surface area contributed by atoms with Gasteiger partial charge in [-0.05, 0) is 79.3 Å². The Hall–Kier alpha value is -2.49. The molecule has 0 fully saturated rings. The van der Waals surface area contributed by atoms with Crippen molar-refractivity contribution in [3.8, 4) is 5.75 Å². The molecule has 0 unspecified atom stereocenters. The molecule has 3 aromatic rings. The number of ether oxygens (including phenoxy) is 1. The molecule has 3 aromatic carbocycles. The lowest BCUT2D eigenvalue weighted by atomic mass is 9.72. The molecule has 1 aliphatic rings. The summed E-state index contributed by atoms with van der Waals surface area (Å²) in [6.07, 6.45) is 0. The van der Waals surface area contributed by atoms with Gasteiger partial charge in [0.05, 0.1) is 17.7 Å². The number of halogens is 2. The Kier molecular flexibility index (Phi) is 6.48. The lowest BCUT2D eigenvalue weighted by Gasteiger charge is -2.40. The van der Waals surface area contributed by atoms with Crippen LogP contribution in [0.1, 0.15) is 63.8 Å². The largest absolute Gasteiger partial charge is 0.493 e. The van der Waals surface area contributed by atoms with Crippen molar-refractivity contribution in [1.82, 2.24) is 5.32 Å². The lowest BCUT2D eigenvalue weighted by Crippen LogP contribution is -2.50. The zero-order valence-corrected chi connectivity index (χ0v) is 22.2. The Bertz CT molecular complexity index is 1210. The summed E-state index contributed by atoms with van der Waals surface area (Å²) in [6, 6.07) is 22.3. The minimum atomic E-state index is -0.609. The van der Waals surface area contributed by atoms with E-state index in [9.17, 15) is 0 Å². The van der Waals surface area contributed by atoms with Gasteiger partial charge in [0, 0.05) is 10.0 Å². The van der Waals surface area contributed by atoms with E-state index in [4.69, 9.17) is 32.9 Å². The second kappa shape index (κ2) is 8.94. The number of aliphatic imine (C=N–C) groups is 1. The summed E-state index contributed by atoms with van der Waals surface area (Å²) in [7, 11) is 0. The molecule has 0 aliphatic carbocycles. The van der Waals surface area contributed by atoms with E-state index in [2.05, 4.69) is 82.4 Å². The fourth-order valence-corrected chi connectivity index (χ4v) is 4.83. The number of nitrogens with zero attached hydrogens (tertiary/aromatic N) is 1. The van der Waals surface area contributed by atoms with Crippen LogP contribution in [0.5, 0.6) is 5.75 Å². The van der Waals surface area contributed by atoms with E-state index in [0.29, 0.717) is 16.7 Å². The third-order valence-corrected chi connectivity index (χ3v) is 7.41. The summed E-state index contributed by atoms with van der Waals surface area (Å²) in [6.45, 7) is 13.6. The molecule has 178 valence electrons. The third kappa shape index (κ3) is 4.32. The van der Waals surface area contributed by atoms with Crippen LogP contribution in [0.3, 0.4) is 0 Å². The second-order valence-corrected chi connectivity index (χ2v) is 11.1. The number of amidine groups is 1. The lowest BCUT2D eigenvalue weighted by molar-refractivity contribution is 0.268. The predicted octanol–water partition coefficient (Wildman–Crippen LogP) is 7.87. The molecule has 0 aromatic heterocycles. The first-order valence-electron chi connectivity index (χ1n) is 11.7. The Morgan fingerprint density at radius 1 is 0.853 bits per heavy atom. The van der Waals surface area contributed by atoms with Gasteiger partial charge in [-0.15, -0.1) is 0 Å². The molecule has 0 radical (unpaired) electrons. The van der Waals surface area contributed by atoms with Gasteiger partial charge in [-0.3, -0.25) is 4.99 Å². The van der Waals surface area contributed by atoms with Gasteiger partial charge in [0.1, 0.15) is 17.1 Å². The highest BCUT2D eigenvalue weighted by molar-refractivity contribution is 6.30. The van der Waals surface area contributed by atoms with Crippen molar-refractivity contribution >= 4 is 29.0 Å². The fourth-order valence-electron chi connectivity index (χ4n) is 4.58. The van der Waals surface area contributed by atoms with Crippen molar-refractivity contribution in [2.45, 2.75) is 58.0 Å². The van der Waals surface area contributed by atoms with Crippen LogP contribution < -0.4 is 10.1 Å². The van der Waals surface area contributed by atoms with Gasteiger partial charge in [-0.2, -0.15) is 0 Å². The van der Waals surface area contributed by atoms with Gasteiger partial charge in [-0.25, -0.2) is 0 Å². The minimum Gasteiger partial charge on any atom is -0.493 e. The average Bonchev–Trinajstić information content (AvgIpc) is 3.07. The molecular weight excluding hydrogens is 463 g/mol. The van der Waals surface area contributed by atoms with E-state index in [1.54, 1.807) is 0 Å². The van der Waals surface area contributed by atoms with Crippen molar-refractivity contribution in [1.29, 1.82) is 0 Å². The highest BCUT2D eigenvalue weighted by Crippen LogP contribution is 2.48. The maximum atomic E-state index is 6.23. The van der Waals surface area contributed by atoms with Crippen LogP contribution in [0, 0.1) is 0 Å². The van der Waals surface area contributed by atoms with Crippen LogP contribution in [-0.4, -0.2) is 12.4 Å². The third-order valence-electron chi connectivity index (χ3n) is 6.91. The molecule has 1 aliphatic heterocycles. The topological polar surface area (TPSA) is 33.6 Å². The molecule has 5 heteroatoms. The van der Waals surface area contributed by atoms with Gasteiger partial charge < -0.3 is 10.1 Å². The summed E-state index contributed by atoms with van der Waals surface area (Å²) in [5.41, 5.74) is 3.21. The smallest absolute Gasteiger partial charge is 0.133 e. The quantitative estimate of drug-likeness (QED) is 0.391. The van der Waals surface area contributed by atoms with E-state index < -0.39 is 11.1 Å². The van der Waals surface area contributed by atoms with Crippen molar-refractivity contribution in [2.75, 3.05) is 6.61 Å². The Morgan fingerprint density at radius 3 is 1.94 bits per heavy atom. The van der Waals surface area contributed by atoms with E-state index in [1.807, 2.05) is 31.2 Å². The minimum absolute atomic E-state index is 0.00236. The van der Waals surface area contributed by atoms with Crippen LogP contribution in [-0.2, 0) is 16.5 Å². The molecule has 4 rings (SSSR count). The van der Waals surface area contributed by atoms with E-state index in [-0.39, 0.29) is 5.41 Å². The Labute approximate surface area is 213 Å². The first-order chi connectivity index (χ1) is 16.0. The molecule has 0 amide bonds. The van der Waals surface area contributed by atoms with Crippen LogP contribution in [0.2, 0.25) is 10.0 Å². The van der Waals surface area contributed by atoms with Gasteiger partial charge in [0.2, 0.25) is 0 Å².